The summed E-state index contributed by atoms with van der Waals surface area (Å²) in [5.74, 6) is 1.87. The summed E-state index contributed by atoms with van der Waals surface area (Å²) < 4.78 is 20.6. The number of ether oxygens (including phenoxy) is 1. The Hall–Kier alpha value is -1.05. The predicted octanol–water partition coefficient (Wildman–Crippen LogP) is 6.78. The number of aryl methyl sites for hydroxylation is 1. The van der Waals surface area contributed by atoms with Gasteiger partial charge in [0.2, 0.25) is 0 Å². The third-order valence-corrected chi connectivity index (χ3v) is 6.06. The van der Waals surface area contributed by atoms with Crippen molar-refractivity contribution in [2.24, 2.45) is 5.92 Å². The monoisotopic (exact) mass is 332 g/mol. The van der Waals surface area contributed by atoms with E-state index >= 15 is 0 Å². The number of hydrogen-bond acceptors (Lipinski definition) is 1. The Morgan fingerprint density at radius 2 is 1.79 bits per heavy atom. The van der Waals surface area contributed by atoms with Crippen LogP contribution >= 0.6 is 0 Å². The van der Waals surface area contributed by atoms with Crippen molar-refractivity contribution >= 4 is 0 Å². The lowest BCUT2D eigenvalue weighted by Gasteiger charge is -2.31. The molecule has 2 aliphatic rings. The number of hydrogen-bond donors (Lipinski definition) is 0. The van der Waals surface area contributed by atoms with E-state index in [9.17, 15) is 4.39 Å². The SMILES string of the molecule is CCCCC1CCc2cc(C3CCC(CCC)CC3)cc(F)c2O1. The second kappa shape index (κ2) is 8.36. The summed E-state index contributed by atoms with van der Waals surface area (Å²) in [6.45, 7) is 4.47. The number of fused-ring (bicyclic) bond motifs is 1. The van der Waals surface area contributed by atoms with E-state index in [2.05, 4.69) is 19.9 Å². The van der Waals surface area contributed by atoms with Gasteiger partial charge in [0.15, 0.2) is 11.6 Å². The average molecular weight is 333 g/mol. The van der Waals surface area contributed by atoms with Crippen LogP contribution < -0.4 is 4.74 Å². The first-order chi connectivity index (χ1) is 11.7. The molecule has 1 aliphatic heterocycles. The molecule has 1 aromatic rings. The Balaban J connectivity index is 1.67. The first kappa shape index (κ1) is 17.8. The fourth-order valence-corrected chi connectivity index (χ4v) is 4.60. The van der Waals surface area contributed by atoms with Gasteiger partial charge in [-0.15, -0.1) is 0 Å². The van der Waals surface area contributed by atoms with E-state index in [1.54, 1.807) is 6.07 Å². The maximum absolute atomic E-state index is 14.7. The van der Waals surface area contributed by atoms with Crippen LogP contribution in [-0.2, 0) is 6.42 Å². The summed E-state index contributed by atoms with van der Waals surface area (Å²) in [5.41, 5.74) is 2.32. The topological polar surface area (TPSA) is 9.23 Å². The molecular formula is C22H33FO. The molecule has 24 heavy (non-hydrogen) atoms. The van der Waals surface area contributed by atoms with Gasteiger partial charge in [0.1, 0.15) is 0 Å². The van der Waals surface area contributed by atoms with Crippen LogP contribution in [0.25, 0.3) is 0 Å². The van der Waals surface area contributed by atoms with Gasteiger partial charge in [0.05, 0.1) is 6.10 Å². The highest BCUT2D eigenvalue weighted by Gasteiger charge is 2.27. The van der Waals surface area contributed by atoms with E-state index in [-0.39, 0.29) is 11.9 Å². The van der Waals surface area contributed by atoms with Crippen LogP contribution in [0.1, 0.15) is 95.1 Å². The highest BCUT2D eigenvalue weighted by molar-refractivity contribution is 5.41. The molecule has 0 amide bonds. The Bertz CT molecular complexity index is 531. The van der Waals surface area contributed by atoms with Gasteiger partial charge < -0.3 is 4.74 Å². The molecule has 0 N–H and O–H groups in total. The zero-order valence-electron chi connectivity index (χ0n) is 15.5. The van der Waals surface area contributed by atoms with E-state index < -0.39 is 0 Å². The van der Waals surface area contributed by atoms with Crippen LogP contribution in [0.4, 0.5) is 4.39 Å². The third kappa shape index (κ3) is 4.13. The fourth-order valence-electron chi connectivity index (χ4n) is 4.60. The zero-order valence-corrected chi connectivity index (χ0v) is 15.5. The molecule has 1 aromatic carbocycles. The molecule has 1 nitrogen and oxygen atoms in total. The lowest BCUT2D eigenvalue weighted by atomic mass is 9.77. The van der Waals surface area contributed by atoms with Crippen LogP contribution in [-0.4, -0.2) is 6.10 Å². The second-order valence-electron chi connectivity index (χ2n) is 7.92. The molecule has 2 heteroatoms. The largest absolute Gasteiger partial charge is 0.487 e. The summed E-state index contributed by atoms with van der Waals surface area (Å²) in [6, 6.07) is 4.02. The van der Waals surface area contributed by atoms with Gasteiger partial charge in [-0.1, -0.05) is 45.6 Å². The molecule has 1 unspecified atom stereocenters. The van der Waals surface area contributed by atoms with Gasteiger partial charge in [-0.05, 0) is 74.0 Å². The van der Waals surface area contributed by atoms with Crippen LogP contribution in [0.3, 0.4) is 0 Å². The molecular weight excluding hydrogens is 299 g/mol. The molecule has 0 radical (unpaired) electrons. The zero-order chi connectivity index (χ0) is 16.9. The molecule has 1 saturated carbocycles. The van der Waals surface area contributed by atoms with Crippen molar-refractivity contribution in [2.75, 3.05) is 0 Å². The minimum atomic E-state index is -0.126. The number of rotatable bonds is 6. The molecule has 1 fully saturated rings. The van der Waals surface area contributed by atoms with Gasteiger partial charge in [-0.25, -0.2) is 4.39 Å². The van der Waals surface area contributed by atoms with E-state index in [0.29, 0.717) is 11.7 Å². The summed E-state index contributed by atoms with van der Waals surface area (Å²) >= 11 is 0. The molecule has 0 saturated heterocycles. The van der Waals surface area contributed by atoms with E-state index in [4.69, 9.17) is 4.74 Å². The van der Waals surface area contributed by atoms with Crippen molar-refractivity contribution in [3.8, 4) is 5.75 Å². The molecule has 0 bridgehead atoms. The van der Waals surface area contributed by atoms with Gasteiger partial charge in [-0.2, -0.15) is 0 Å². The van der Waals surface area contributed by atoms with Crippen molar-refractivity contribution in [3.05, 3.63) is 29.1 Å². The Kier molecular flexibility index (Phi) is 6.19. The van der Waals surface area contributed by atoms with Crippen LogP contribution in [0.15, 0.2) is 12.1 Å². The highest BCUT2D eigenvalue weighted by Crippen LogP contribution is 2.41. The van der Waals surface area contributed by atoms with Gasteiger partial charge in [0, 0.05) is 0 Å². The minimum Gasteiger partial charge on any atom is -0.487 e. The molecule has 3 rings (SSSR count). The molecule has 1 heterocycles. The minimum absolute atomic E-state index is 0.126. The Morgan fingerprint density at radius 3 is 2.50 bits per heavy atom. The lowest BCUT2D eigenvalue weighted by molar-refractivity contribution is 0.153. The second-order valence-corrected chi connectivity index (χ2v) is 7.92. The first-order valence-corrected chi connectivity index (χ1v) is 10.2. The smallest absolute Gasteiger partial charge is 0.165 e. The molecule has 0 spiro atoms. The summed E-state index contributed by atoms with van der Waals surface area (Å²) in [5, 5.41) is 0. The van der Waals surface area contributed by atoms with Gasteiger partial charge in [-0.3, -0.25) is 0 Å². The van der Waals surface area contributed by atoms with Crippen LogP contribution in [0.2, 0.25) is 0 Å². The quantitative estimate of drug-likeness (QED) is 0.557. The van der Waals surface area contributed by atoms with Crippen molar-refractivity contribution in [3.63, 3.8) is 0 Å². The maximum Gasteiger partial charge on any atom is 0.165 e. The van der Waals surface area contributed by atoms with E-state index in [0.717, 1.165) is 30.7 Å². The van der Waals surface area contributed by atoms with E-state index in [1.807, 2.05) is 0 Å². The fraction of sp³-hybridized carbons (Fsp3) is 0.727. The summed E-state index contributed by atoms with van der Waals surface area (Å²) in [7, 11) is 0. The molecule has 0 aromatic heterocycles. The number of benzene rings is 1. The van der Waals surface area contributed by atoms with Crippen molar-refractivity contribution < 1.29 is 9.13 Å². The Morgan fingerprint density at radius 1 is 1.00 bits per heavy atom. The standard InChI is InChI=1S/C22H33FO/c1-3-5-7-20-13-12-18-14-19(15-21(23)22(18)24-20)17-10-8-16(6-4-2)9-11-17/h14-17,20H,3-13H2,1-2H3. The van der Waals surface area contributed by atoms with Crippen molar-refractivity contribution in [2.45, 2.75) is 96.5 Å². The number of unbranched alkanes of at least 4 members (excludes halogenated alkanes) is 1. The van der Waals surface area contributed by atoms with Gasteiger partial charge in [0.25, 0.3) is 0 Å². The normalized spacial score (nSPS) is 26.7. The average Bonchev–Trinajstić information content (AvgIpc) is 2.61. The summed E-state index contributed by atoms with van der Waals surface area (Å²) in [6.07, 6.45) is 13.3. The van der Waals surface area contributed by atoms with Crippen molar-refractivity contribution in [1.29, 1.82) is 0 Å². The van der Waals surface area contributed by atoms with Crippen LogP contribution in [0.5, 0.6) is 5.75 Å². The molecule has 1 atom stereocenters. The van der Waals surface area contributed by atoms with Crippen LogP contribution in [0, 0.1) is 11.7 Å². The third-order valence-electron chi connectivity index (χ3n) is 6.06. The van der Waals surface area contributed by atoms with E-state index in [1.165, 1.54) is 56.9 Å². The van der Waals surface area contributed by atoms with Gasteiger partial charge >= 0.3 is 0 Å². The Labute approximate surface area is 147 Å². The lowest BCUT2D eigenvalue weighted by Crippen LogP contribution is -2.24. The summed E-state index contributed by atoms with van der Waals surface area (Å²) in [4.78, 5) is 0. The maximum atomic E-state index is 14.7. The van der Waals surface area contributed by atoms with Crippen molar-refractivity contribution in [1.82, 2.24) is 0 Å². The first-order valence-electron chi connectivity index (χ1n) is 10.2. The predicted molar refractivity (Wildman–Crippen MR) is 98.3 cm³/mol. The molecule has 134 valence electrons. The number of halogens is 1. The highest BCUT2D eigenvalue weighted by atomic mass is 19.1. The molecule has 1 aliphatic carbocycles.